The van der Waals surface area contributed by atoms with Crippen LogP contribution in [0.1, 0.15) is 24.0 Å². The van der Waals surface area contributed by atoms with E-state index in [1.54, 1.807) is 6.07 Å². The van der Waals surface area contributed by atoms with Crippen molar-refractivity contribution < 1.29 is 9.53 Å². The minimum absolute atomic E-state index is 0.0125. The van der Waals surface area contributed by atoms with E-state index in [0.29, 0.717) is 31.1 Å². The van der Waals surface area contributed by atoms with Gasteiger partial charge in [-0.25, -0.2) is 0 Å². The molecule has 5 heteroatoms. The largest absolute Gasteiger partial charge is 0.381 e. The van der Waals surface area contributed by atoms with Gasteiger partial charge in [-0.05, 0) is 61.2 Å². The van der Waals surface area contributed by atoms with E-state index in [0.717, 1.165) is 21.3 Å². The van der Waals surface area contributed by atoms with Crippen molar-refractivity contribution in [3.05, 3.63) is 63.1 Å². The van der Waals surface area contributed by atoms with E-state index in [1.807, 2.05) is 43.3 Å². The molecular formula is C19H19BrClNO2. The van der Waals surface area contributed by atoms with Crippen LogP contribution in [0.25, 0.3) is 0 Å². The van der Waals surface area contributed by atoms with E-state index in [1.165, 1.54) is 0 Å². The molecule has 1 fully saturated rings. The highest BCUT2D eigenvalue weighted by Gasteiger charge is 2.41. The molecular weight excluding hydrogens is 390 g/mol. The van der Waals surface area contributed by atoms with E-state index in [9.17, 15) is 4.79 Å². The summed E-state index contributed by atoms with van der Waals surface area (Å²) in [6, 6.07) is 13.5. The van der Waals surface area contributed by atoms with E-state index < -0.39 is 5.41 Å². The van der Waals surface area contributed by atoms with Crippen LogP contribution in [0, 0.1) is 6.92 Å². The van der Waals surface area contributed by atoms with Crippen molar-refractivity contribution in [2.24, 2.45) is 0 Å². The predicted molar refractivity (Wildman–Crippen MR) is 101 cm³/mol. The molecule has 1 heterocycles. The second-order valence-corrected chi connectivity index (χ2v) is 7.47. The number of benzene rings is 2. The van der Waals surface area contributed by atoms with E-state index in [4.69, 9.17) is 16.3 Å². The molecule has 2 aromatic carbocycles. The van der Waals surface area contributed by atoms with Gasteiger partial charge in [-0.1, -0.05) is 39.7 Å². The lowest BCUT2D eigenvalue weighted by Crippen LogP contribution is -2.44. The lowest BCUT2D eigenvalue weighted by atomic mass is 9.73. The number of hydrogen-bond acceptors (Lipinski definition) is 2. The molecule has 1 aliphatic rings. The van der Waals surface area contributed by atoms with Crippen molar-refractivity contribution in [3.63, 3.8) is 0 Å². The van der Waals surface area contributed by atoms with Crippen LogP contribution in [-0.2, 0) is 14.9 Å². The van der Waals surface area contributed by atoms with Crippen LogP contribution in [0.5, 0.6) is 0 Å². The van der Waals surface area contributed by atoms with E-state index >= 15 is 0 Å². The summed E-state index contributed by atoms with van der Waals surface area (Å²) in [5, 5.41) is 3.76. The van der Waals surface area contributed by atoms with Crippen molar-refractivity contribution in [1.29, 1.82) is 0 Å². The number of nitrogens with one attached hydrogen (secondary N) is 1. The zero-order chi connectivity index (χ0) is 17.2. The lowest BCUT2D eigenvalue weighted by molar-refractivity contribution is -0.125. The Morgan fingerprint density at radius 3 is 2.46 bits per heavy atom. The standard InChI is InChI=1S/C19H19BrClNO2/c1-13-12-16(21)6-7-17(13)22-18(23)19(8-10-24-11-9-19)14-2-4-15(20)5-3-14/h2-7,12H,8-11H2,1H3,(H,22,23). The molecule has 1 N–H and O–H groups in total. The summed E-state index contributed by atoms with van der Waals surface area (Å²) in [6.45, 7) is 3.12. The molecule has 0 radical (unpaired) electrons. The van der Waals surface area contributed by atoms with Gasteiger partial charge in [0.1, 0.15) is 0 Å². The van der Waals surface area contributed by atoms with Gasteiger partial charge in [-0.15, -0.1) is 0 Å². The summed E-state index contributed by atoms with van der Waals surface area (Å²) in [6.07, 6.45) is 1.35. The number of ether oxygens (including phenoxy) is 1. The molecule has 1 saturated heterocycles. The first kappa shape index (κ1) is 17.5. The van der Waals surface area contributed by atoms with E-state index in [-0.39, 0.29) is 5.91 Å². The molecule has 126 valence electrons. The number of aryl methyl sites for hydroxylation is 1. The summed E-state index contributed by atoms with van der Waals surface area (Å²) in [5.74, 6) is 0.0125. The third-order valence-corrected chi connectivity index (χ3v) is 5.38. The Bertz CT molecular complexity index is 740. The minimum Gasteiger partial charge on any atom is -0.381 e. The van der Waals surface area contributed by atoms with E-state index in [2.05, 4.69) is 21.2 Å². The molecule has 2 aromatic rings. The first-order valence-corrected chi connectivity index (χ1v) is 9.10. The summed E-state index contributed by atoms with van der Waals surface area (Å²) >= 11 is 9.46. The summed E-state index contributed by atoms with van der Waals surface area (Å²) in [4.78, 5) is 13.2. The Kier molecular flexibility index (Phi) is 5.28. The molecule has 24 heavy (non-hydrogen) atoms. The maximum Gasteiger partial charge on any atom is 0.235 e. The second kappa shape index (κ2) is 7.26. The van der Waals surface area contributed by atoms with Crippen LogP contribution in [0.2, 0.25) is 5.02 Å². The molecule has 0 bridgehead atoms. The molecule has 1 aliphatic heterocycles. The number of carbonyl (C=O) groups is 1. The molecule has 0 saturated carbocycles. The van der Waals surface area contributed by atoms with Gasteiger partial charge in [0.05, 0.1) is 5.41 Å². The van der Waals surface area contributed by atoms with Crippen LogP contribution in [-0.4, -0.2) is 19.1 Å². The molecule has 1 amide bonds. The molecule has 0 atom stereocenters. The Labute approximate surface area is 155 Å². The Hall–Kier alpha value is -1.36. The van der Waals surface area contributed by atoms with Crippen molar-refractivity contribution in [1.82, 2.24) is 0 Å². The third kappa shape index (κ3) is 3.51. The normalized spacial score (nSPS) is 16.6. The highest BCUT2D eigenvalue weighted by Crippen LogP contribution is 2.37. The number of halogens is 2. The molecule has 0 aliphatic carbocycles. The first-order valence-electron chi connectivity index (χ1n) is 7.93. The Morgan fingerprint density at radius 2 is 1.83 bits per heavy atom. The van der Waals surface area contributed by atoms with Crippen molar-refractivity contribution in [2.75, 3.05) is 18.5 Å². The van der Waals surface area contributed by atoms with Gasteiger partial charge in [0.15, 0.2) is 0 Å². The molecule has 0 spiro atoms. The van der Waals surface area contributed by atoms with Crippen molar-refractivity contribution in [3.8, 4) is 0 Å². The smallest absolute Gasteiger partial charge is 0.235 e. The first-order chi connectivity index (χ1) is 11.5. The quantitative estimate of drug-likeness (QED) is 0.767. The monoisotopic (exact) mass is 407 g/mol. The summed E-state index contributed by atoms with van der Waals surface area (Å²) in [5.41, 5.74) is 2.21. The van der Waals surface area contributed by atoms with Gasteiger partial charge in [0, 0.05) is 28.4 Å². The van der Waals surface area contributed by atoms with Crippen LogP contribution < -0.4 is 5.32 Å². The molecule has 0 unspecified atom stereocenters. The van der Waals surface area contributed by atoms with Gasteiger partial charge in [-0.2, -0.15) is 0 Å². The minimum atomic E-state index is -0.564. The highest BCUT2D eigenvalue weighted by molar-refractivity contribution is 9.10. The molecule has 3 nitrogen and oxygen atoms in total. The lowest BCUT2D eigenvalue weighted by Gasteiger charge is -2.36. The van der Waals surface area contributed by atoms with Crippen LogP contribution in [0.15, 0.2) is 46.9 Å². The summed E-state index contributed by atoms with van der Waals surface area (Å²) in [7, 11) is 0. The molecule has 0 aromatic heterocycles. The van der Waals surface area contributed by atoms with Crippen LogP contribution >= 0.6 is 27.5 Å². The highest BCUT2D eigenvalue weighted by atomic mass is 79.9. The van der Waals surface area contributed by atoms with Crippen LogP contribution in [0.3, 0.4) is 0 Å². The van der Waals surface area contributed by atoms with Crippen molar-refractivity contribution >= 4 is 39.1 Å². The number of amides is 1. The zero-order valence-corrected chi connectivity index (χ0v) is 15.8. The number of carbonyl (C=O) groups excluding carboxylic acids is 1. The average Bonchev–Trinajstić information content (AvgIpc) is 2.58. The topological polar surface area (TPSA) is 38.3 Å². The number of rotatable bonds is 3. The fourth-order valence-electron chi connectivity index (χ4n) is 3.14. The fraction of sp³-hybridized carbons (Fsp3) is 0.316. The van der Waals surface area contributed by atoms with Gasteiger partial charge in [0.25, 0.3) is 0 Å². The zero-order valence-electron chi connectivity index (χ0n) is 13.4. The van der Waals surface area contributed by atoms with Crippen molar-refractivity contribution in [2.45, 2.75) is 25.2 Å². The summed E-state index contributed by atoms with van der Waals surface area (Å²) < 4.78 is 6.51. The number of anilines is 1. The second-order valence-electron chi connectivity index (χ2n) is 6.11. The van der Waals surface area contributed by atoms with Gasteiger partial charge < -0.3 is 10.1 Å². The molecule has 3 rings (SSSR count). The number of hydrogen-bond donors (Lipinski definition) is 1. The maximum absolute atomic E-state index is 13.2. The van der Waals surface area contributed by atoms with Crippen LogP contribution in [0.4, 0.5) is 5.69 Å². The van der Waals surface area contributed by atoms with Gasteiger partial charge >= 0.3 is 0 Å². The Morgan fingerprint density at radius 1 is 1.17 bits per heavy atom. The Balaban J connectivity index is 1.93. The third-order valence-electron chi connectivity index (χ3n) is 4.61. The van der Waals surface area contributed by atoms with Gasteiger partial charge in [0.2, 0.25) is 5.91 Å². The fourth-order valence-corrected chi connectivity index (χ4v) is 3.64. The average molecular weight is 409 g/mol. The maximum atomic E-state index is 13.2. The predicted octanol–water partition coefficient (Wildman–Crippen LogP) is 5.10. The van der Waals surface area contributed by atoms with Gasteiger partial charge in [-0.3, -0.25) is 4.79 Å². The SMILES string of the molecule is Cc1cc(Cl)ccc1NC(=O)C1(c2ccc(Br)cc2)CCOCC1.